The summed E-state index contributed by atoms with van der Waals surface area (Å²) in [6.45, 7) is 0. The third-order valence-corrected chi connectivity index (χ3v) is 3.90. The summed E-state index contributed by atoms with van der Waals surface area (Å²) < 4.78 is 0. The van der Waals surface area contributed by atoms with E-state index in [2.05, 4.69) is 18.2 Å². The number of hydrogen-bond donors (Lipinski definition) is 1. The molecule has 0 heterocycles. The molecule has 0 saturated carbocycles. The Balaban J connectivity index is 1.97. The number of carbonyl (C=O) groups is 1. The molecule has 0 aromatic heterocycles. The van der Waals surface area contributed by atoms with Crippen molar-refractivity contribution in [2.24, 2.45) is 0 Å². The molecule has 1 aromatic rings. The summed E-state index contributed by atoms with van der Waals surface area (Å²) in [6.07, 6.45) is 5.22. The molecule has 0 radical (unpaired) electrons. The number of rotatable bonds is 4. The van der Waals surface area contributed by atoms with Gasteiger partial charge in [0.05, 0.1) is 6.42 Å². The Morgan fingerprint density at radius 3 is 2.75 bits per heavy atom. The lowest BCUT2D eigenvalue weighted by atomic mass is 9.92. The minimum Gasteiger partial charge on any atom is -0.481 e. The number of carboxylic acids is 1. The first-order valence-electron chi connectivity index (χ1n) is 5.72. The SMILES string of the molecule is O=C(O)CCSc1ccc2c(c1)CCCC2. The molecule has 0 saturated heterocycles. The molecule has 0 atom stereocenters. The molecule has 1 N–H and O–H groups in total. The Morgan fingerprint density at radius 2 is 2.00 bits per heavy atom. The topological polar surface area (TPSA) is 37.3 Å². The molecule has 0 fully saturated rings. The fourth-order valence-electron chi connectivity index (χ4n) is 2.06. The van der Waals surface area contributed by atoms with E-state index in [0.29, 0.717) is 5.75 Å². The van der Waals surface area contributed by atoms with Gasteiger partial charge in [0.25, 0.3) is 0 Å². The number of carboxylic acid groups (broad SMARTS) is 1. The van der Waals surface area contributed by atoms with Crippen molar-refractivity contribution in [3.05, 3.63) is 29.3 Å². The van der Waals surface area contributed by atoms with E-state index in [9.17, 15) is 4.79 Å². The van der Waals surface area contributed by atoms with Crippen LogP contribution in [0.4, 0.5) is 0 Å². The quantitative estimate of drug-likeness (QED) is 0.816. The summed E-state index contributed by atoms with van der Waals surface area (Å²) >= 11 is 1.64. The number of aryl methyl sites for hydroxylation is 2. The summed E-state index contributed by atoms with van der Waals surface area (Å²) in [6, 6.07) is 6.56. The molecular weight excluding hydrogens is 220 g/mol. The van der Waals surface area contributed by atoms with Crippen molar-refractivity contribution in [2.75, 3.05) is 5.75 Å². The average Bonchev–Trinajstić information content (AvgIpc) is 2.28. The van der Waals surface area contributed by atoms with Crippen LogP contribution < -0.4 is 0 Å². The number of benzene rings is 1. The van der Waals surface area contributed by atoms with Gasteiger partial charge in [0.1, 0.15) is 0 Å². The Bertz CT molecular complexity index is 388. The zero-order valence-electron chi connectivity index (χ0n) is 9.24. The van der Waals surface area contributed by atoms with E-state index in [1.807, 2.05) is 0 Å². The lowest BCUT2D eigenvalue weighted by Crippen LogP contribution is -2.02. The molecule has 0 aliphatic heterocycles. The maximum absolute atomic E-state index is 10.4. The third kappa shape index (κ3) is 3.01. The van der Waals surface area contributed by atoms with Crippen LogP contribution in [-0.2, 0) is 17.6 Å². The molecule has 2 rings (SSSR count). The van der Waals surface area contributed by atoms with Gasteiger partial charge in [0, 0.05) is 10.6 Å². The molecule has 1 aromatic carbocycles. The van der Waals surface area contributed by atoms with Gasteiger partial charge in [-0.2, -0.15) is 0 Å². The Morgan fingerprint density at radius 1 is 1.25 bits per heavy atom. The second-order valence-corrected chi connectivity index (χ2v) is 5.30. The summed E-state index contributed by atoms with van der Waals surface area (Å²) in [5, 5.41) is 8.57. The van der Waals surface area contributed by atoms with E-state index in [0.717, 1.165) is 0 Å². The van der Waals surface area contributed by atoms with Crippen molar-refractivity contribution >= 4 is 17.7 Å². The van der Waals surface area contributed by atoms with Gasteiger partial charge in [-0.05, 0) is 48.9 Å². The van der Waals surface area contributed by atoms with Gasteiger partial charge in [0.15, 0.2) is 0 Å². The summed E-state index contributed by atoms with van der Waals surface area (Å²) in [7, 11) is 0. The van der Waals surface area contributed by atoms with Crippen molar-refractivity contribution < 1.29 is 9.90 Å². The summed E-state index contributed by atoms with van der Waals surface area (Å²) in [5.74, 6) is -0.0563. The first-order chi connectivity index (χ1) is 7.75. The second-order valence-electron chi connectivity index (χ2n) is 4.13. The monoisotopic (exact) mass is 236 g/mol. The highest BCUT2D eigenvalue weighted by Crippen LogP contribution is 2.27. The highest BCUT2D eigenvalue weighted by molar-refractivity contribution is 7.99. The number of hydrogen-bond acceptors (Lipinski definition) is 2. The fourth-order valence-corrected chi connectivity index (χ4v) is 2.96. The molecule has 0 amide bonds. The van der Waals surface area contributed by atoms with E-state index in [4.69, 9.17) is 5.11 Å². The fraction of sp³-hybridized carbons (Fsp3) is 0.462. The maximum Gasteiger partial charge on any atom is 0.304 e. The van der Waals surface area contributed by atoms with E-state index in [-0.39, 0.29) is 6.42 Å². The van der Waals surface area contributed by atoms with Gasteiger partial charge >= 0.3 is 5.97 Å². The number of fused-ring (bicyclic) bond motifs is 1. The Kier molecular flexibility index (Phi) is 3.88. The van der Waals surface area contributed by atoms with Crippen molar-refractivity contribution in [1.82, 2.24) is 0 Å². The summed E-state index contributed by atoms with van der Waals surface area (Å²) in [4.78, 5) is 11.6. The van der Waals surface area contributed by atoms with Crippen LogP contribution in [0.1, 0.15) is 30.4 Å². The van der Waals surface area contributed by atoms with Crippen LogP contribution in [-0.4, -0.2) is 16.8 Å². The molecule has 2 nitrogen and oxygen atoms in total. The lowest BCUT2D eigenvalue weighted by molar-refractivity contribution is -0.136. The van der Waals surface area contributed by atoms with Crippen LogP contribution in [0, 0.1) is 0 Å². The molecular formula is C13H16O2S. The number of thioether (sulfide) groups is 1. The molecule has 1 aliphatic carbocycles. The van der Waals surface area contributed by atoms with E-state index in [1.165, 1.54) is 41.7 Å². The molecule has 0 spiro atoms. The van der Waals surface area contributed by atoms with Gasteiger partial charge in [-0.1, -0.05) is 6.07 Å². The van der Waals surface area contributed by atoms with Crippen molar-refractivity contribution in [3.63, 3.8) is 0 Å². The summed E-state index contributed by atoms with van der Waals surface area (Å²) in [5.41, 5.74) is 2.94. The smallest absolute Gasteiger partial charge is 0.304 e. The highest BCUT2D eigenvalue weighted by Gasteiger charge is 2.09. The first kappa shape index (κ1) is 11.5. The molecule has 0 bridgehead atoms. The highest BCUT2D eigenvalue weighted by atomic mass is 32.2. The minimum atomic E-state index is -0.717. The third-order valence-electron chi connectivity index (χ3n) is 2.90. The lowest BCUT2D eigenvalue weighted by Gasteiger charge is -2.16. The zero-order valence-corrected chi connectivity index (χ0v) is 10.1. The molecule has 16 heavy (non-hydrogen) atoms. The first-order valence-corrected chi connectivity index (χ1v) is 6.70. The van der Waals surface area contributed by atoms with Gasteiger partial charge in [0.2, 0.25) is 0 Å². The minimum absolute atomic E-state index is 0.238. The Hall–Kier alpha value is -0.960. The average molecular weight is 236 g/mol. The molecule has 1 aliphatic rings. The van der Waals surface area contributed by atoms with Gasteiger partial charge in [-0.3, -0.25) is 4.79 Å². The van der Waals surface area contributed by atoms with Crippen LogP contribution >= 0.6 is 11.8 Å². The number of aliphatic carboxylic acids is 1. The standard InChI is InChI=1S/C13H16O2S/c14-13(15)7-8-16-12-6-5-10-3-1-2-4-11(10)9-12/h5-6,9H,1-4,7-8H2,(H,14,15). The van der Waals surface area contributed by atoms with Gasteiger partial charge in [-0.15, -0.1) is 11.8 Å². The zero-order chi connectivity index (χ0) is 11.4. The van der Waals surface area contributed by atoms with Gasteiger partial charge in [-0.25, -0.2) is 0 Å². The molecule has 3 heteroatoms. The maximum atomic E-state index is 10.4. The largest absolute Gasteiger partial charge is 0.481 e. The van der Waals surface area contributed by atoms with E-state index in [1.54, 1.807) is 11.8 Å². The molecule has 0 unspecified atom stereocenters. The Labute approximate surface area is 100 Å². The van der Waals surface area contributed by atoms with Crippen molar-refractivity contribution in [2.45, 2.75) is 37.0 Å². The van der Waals surface area contributed by atoms with Crippen LogP contribution in [0.5, 0.6) is 0 Å². The van der Waals surface area contributed by atoms with Crippen LogP contribution in [0.3, 0.4) is 0 Å². The van der Waals surface area contributed by atoms with Crippen molar-refractivity contribution in [1.29, 1.82) is 0 Å². The van der Waals surface area contributed by atoms with E-state index >= 15 is 0 Å². The second kappa shape index (κ2) is 5.39. The van der Waals surface area contributed by atoms with Crippen LogP contribution in [0.25, 0.3) is 0 Å². The predicted octanol–water partition coefficient (Wildman–Crippen LogP) is 3.13. The normalized spacial score (nSPS) is 14.5. The van der Waals surface area contributed by atoms with E-state index < -0.39 is 5.97 Å². The predicted molar refractivity (Wildman–Crippen MR) is 66.1 cm³/mol. The van der Waals surface area contributed by atoms with Crippen molar-refractivity contribution in [3.8, 4) is 0 Å². The van der Waals surface area contributed by atoms with Crippen LogP contribution in [0.15, 0.2) is 23.1 Å². The van der Waals surface area contributed by atoms with Crippen LogP contribution in [0.2, 0.25) is 0 Å². The molecule has 86 valence electrons. The van der Waals surface area contributed by atoms with Gasteiger partial charge < -0.3 is 5.11 Å².